The Balaban J connectivity index is 1.71. The molecule has 0 saturated carbocycles. The van der Waals surface area contributed by atoms with E-state index in [9.17, 15) is 4.79 Å². The molecular weight excluding hydrogens is 336 g/mol. The van der Waals surface area contributed by atoms with E-state index in [0.29, 0.717) is 6.61 Å². The summed E-state index contributed by atoms with van der Waals surface area (Å²) in [4.78, 5) is 15.1. The number of benzene rings is 2. The van der Waals surface area contributed by atoms with Crippen LogP contribution < -0.4 is 5.32 Å². The Morgan fingerprint density at radius 2 is 1.96 bits per heavy atom. The van der Waals surface area contributed by atoms with E-state index in [0.717, 1.165) is 29.1 Å². The molecule has 0 amide bonds. The molecule has 5 heteroatoms. The Kier molecular flexibility index (Phi) is 4.47. The van der Waals surface area contributed by atoms with Crippen molar-refractivity contribution in [2.75, 3.05) is 13.2 Å². The maximum absolute atomic E-state index is 11.8. The number of halogens is 1. The Bertz CT molecular complexity index is 905. The number of hydrogen-bond donors (Lipinski definition) is 2. The standard InChI is InChI=1S/C20H19ClN2O2/c21-17-7-3-1-5-13(17)15(11-23-19-9-10-25-20(19)24)16-12-22-18-8-4-2-6-14(16)18/h1-8,12,15,19,22-23H,9-11H2/p+1/t15-,19+/m1/s1. The first-order valence-corrected chi connectivity index (χ1v) is 8.92. The summed E-state index contributed by atoms with van der Waals surface area (Å²) < 4.78 is 5.09. The third-order valence-electron chi connectivity index (χ3n) is 4.91. The fourth-order valence-electron chi connectivity index (χ4n) is 3.59. The second kappa shape index (κ2) is 6.90. The van der Waals surface area contributed by atoms with Crippen molar-refractivity contribution in [3.63, 3.8) is 0 Å². The van der Waals surface area contributed by atoms with Crippen LogP contribution in [0.3, 0.4) is 0 Å². The van der Waals surface area contributed by atoms with Gasteiger partial charge in [-0.1, -0.05) is 48.0 Å². The van der Waals surface area contributed by atoms with Gasteiger partial charge in [-0.2, -0.15) is 0 Å². The minimum absolute atomic E-state index is 0.0956. The number of rotatable bonds is 5. The molecular formula is C20H20ClN2O2+. The molecule has 0 radical (unpaired) electrons. The quantitative estimate of drug-likeness (QED) is 0.691. The predicted molar refractivity (Wildman–Crippen MR) is 97.8 cm³/mol. The number of aromatic amines is 1. The predicted octanol–water partition coefficient (Wildman–Crippen LogP) is 2.83. The van der Waals surface area contributed by atoms with E-state index in [1.54, 1.807) is 0 Å². The third-order valence-corrected chi connectivity index (χ3v) is 5.25. The molecule has 4 rings (SSSR count). The van der Waals surface area contributed by atoms with Crippen LogP contribution in [0.15, 0.2) is 54.7 Å². The Labute approximate surface area is 151 Å². The molecule has 25 heavy (non-hydrogen) atoms. The van der Waals surface area contributed by atoms with Crippen LogP contribution in [0, 0.1) is 0 Å². The van der Waals surface area contributed by atoms with Crippen LogP contribution in [0.4, 0.5) is 0 Å². The van der Waals surface area contributed by atoms with Crippen molar-refractivity contribution in [2.45, 2.75) is 18.4 Å². The van der Waals surface area contributed by atoms with Crippen LogP contribution in [0.1, 0.15) is 23.5 Å². The van der Waals surface area contributed by atoms with E-state index in [4.69, 9.17) is 16.3 Å². The van der Waals surface area contributed by atoms with Crippen LogP contribution in [0.2, 0.25) is 5.02 Å². The summed E-state index contributed by atoms with van der Waals surface area (Å²) in [5, 5.41) is 4.03. The van der Waals surface area contributed by atoms with Crippen molar-refractivity contribution in [3.05, 3.63) is 70.9 Å². The number of H-pyrrole nitrogens is 1. The van der Waals surface area contributed by atoms with Gasteiger partial charge in [0.15, 0.2) is 6.04 Å². The summed E-state index contributed by atoms with van der Waals surface area (Å²) in [6.07, 6.45) is 2.82. The zero-order valence-electron chi connectivity index (χ0n) is 13.7. The van der Waals surface area contributed by atoms with Gasteiger partial charge in [0.2, 0.25) is 0 Å². The van der Waals surface area contributed by atoms with E-state index in [2.05, 4.69) is 34.7 Å². The number of hydrogen-bond acceptors (Lipinski definition) is 2. The Morgan fingerprint density at radius 3 is 2.76 bits per heavy atom. The molecule has 1 aliphatic rings. The van der Waals surface area contributed by atoms with Gasteiger partial charge in [-0.25, -0.2) is 4.79 Å². The van der Waals surface area contributed by atoms with Gasteiger partial charge in [0.25, 0.3) is 0 Å². The molecule has 1 fully saturated rings. The van der Waals surface area contributed by atoms with E-state index >= 15 is 0 Å². The lowest BCUT2D eigenvalue weighted by molar-refractivity contribution is -0.677. The van der Waals surface area contributed by atoms with Crippen molar-refractivity contribution in [2.24, 2.45) is 0 Å². The number of cyclic esters (lactones) is 1. The van der Waals surface area contributed by atoms with Crippen LogP contribution in [0.5, 0.6) is 0 Å². The zero-order chi connectivity index (χ0) is 17.2. The van der Waals surface area contributed by atoms with Crippen molar-refractivity contribution in [1.82, 2.24) is 4.98 Å². The molecule has 2 aromatic carbocycles. The van der Waals surface area contributed by atoms with Gasteiger partial charge in [-0.05, 0) is 23.3 Å². The first-order valence-electron chi connectivity index (χ1n) is 8.54. The molecule has 0 spiro atoms. The molecule has 2 atom stereocenters. The van der Waals surface area contributed by atoms with Gasteiger partial charge in [0, 0.05) is 28.5 Å². The van der Waals surface area contributed by atoms with Gasteiger partial charge in [0.1, 0.15) is 0 Å². The Morgan fingerprint density at radius 1 is 1.16 bits per heavy atom. The number of carbonyl (C=O) groups excluding carboxylic acids is 1. The number of aromatic nitrogens is 1. The summed E-state index contributed by atoms with van der Waals surface area (Å²) in [7, 11) is 0. The van der Waals surface area contributed by atoms with Crippen molar-refractivity contribution in [1.29, 1.82) is 0 Å². The van der Waals surface area contributed by atoms with Gasteiger partial charge < -0.3 is 15.0 Å². The SMILES string of the molecule is O=C1OCC[C@@H]1[NH2+]C[C@H](c1ccccc1Cl)c1c[nH]c2ccccc12. The number of esters is 1. The smallest absolute Gasteiger partial charge is 0.364 e. The largest absolute Gasteiger partial charge is 0.461 e. The van der Waals surface area contributed by atoms with Crippen LogP contribution in [-0.2, 0) is 9.53 Å². The average Bonchev–Trinajstić information content (AvgIpc) is 3.23. The van der Waals surface area contributed by atoms with E-state index < -0.39 is 0 Å². The van der Waals surface area contributed by atoms with E-state index in [1.807, 2.05) is 30.3 Å². The van der Waals surface area contributed by atoms with Crippen molar-refractivity contribution in [3.8, 4) is 0 Å². The number of nitrogens with one attached hydrogen (secondary N) is 1. The third kappa shape index (κ3) is 3.15. The molecule has 128 valence electrons. The monoisotopic (exact) mass is 355 g/mol. The highest BCUT2D eigenvalue weighted by Gasteiger charge is 2.32. The molecule has 1 aromatic heterocycles. The normalized spacial score (nSPS) is 18.4. The van der Waals surface area contributed by atoms with Gasteiger partial charge in [0.05, 0.1) is 19.1 Å². The minimum atomic E-state index is -0.116. The van der Waals surface area contributed by atoms with E-state index in [-0.39, 0.29) is 17.9 Å². The maximum Gasteiger partial charge on any atom is 0.364 e. The summed E-state index contributed by atoms with van der Waals surface area (Å²) in [5.41, 5.74) is 3.39. The number of carbonyl (C=O) groups is 1. The first kappa shape index (κ1) is 16.2. The molecule has 0 unspecified atom stereocenters. The number of ether oxygens (including phenoxy) is 1. The molecule has 1 saturated heterocycles. The van der Waals surface area contributed by atoms with Crippen molar-refractivity contribution >= 4 is 28.5 Å². The molecule has 3 N–H and O–H groups in total. The van der Waals surface area contributed by atoms with E-state index in [1.165, 1.54) is 10.9 Å². The first-order chi connectivity index (χ1) is 12.2. The maximum atomic E-state index is 11.8. The summed E-state index contributed by atoms with van der Waals surface area (Å²) in [6.45, 7) is 1.26. The summed E-state index contributed by atoms with van der Waals surface area (Å²) >= 11 is 6.50. The van der Waals surface area contributed by atoms with Gasteiger partial charge >= 0.3 is 5.97 Å². The molecule has 0 aliphatic carbocycles. The zero-order valence-corrected chi connectivity index (χ0v) is 14.5. The molecule has 3 aromatic rings. The summed E-state index contributed by atoms with van der Waals surface area (Å²) in [5.74, 6) is -0.0184. The van der Waals surface area contributed by atoms with Gasteiger partial charge in [-0.15, -0.1) is 0 Å². The minimum Gasteiger partial charge on any atom is -0.461 e. The Hall–Kier alpha value is -2.30. The van der Waals surface area contributed by atoms with Crippen LogP contribution >= 0.6 is 11.6 Å². The molecule has 4 nitrogen and oxygen atoms in total. The average molecular weight is 356 g/mol. The molecule has 1 aliphatic heterocycles. The lowest BCUT2D eigenvalue weighted by atomic mass is 9.90. The number of fused-ring (bicyclic) bond motifs is 1. The number of para-hydroxylation sites is 1. The molecule has 0 bridgehead atoms. The second-order valence-electron chi connectivity index (χ2n) is 6.40. The highest BCUT2D eigenvalue weighted by atomic mass is 35.5. The fraction of sp³-hybridized carbons (Fsp3) is 0.250. The molecule has 2 heterocycles. The lowest BCUT2D eigenvalue weighted by Crippen LogP contribution is -2.92. The lowest BCUT2D eigenvalue weighted by Gasteiger charge is -2.18. The topological polar surface area (TPSA) is 58.7 Å². The van der Waals surface area contributed by atoms with Crippen LogP contribution in [0.25, 0.3) is 10.9 Å². The van der Waals surface area contributed by atoms with Gasteiger partial charge in [-0.3, -0.25) is 0 Å². The van der Waals surface area contributed by atoms with Crippen molar-refractivity contribution < 1.29 is 14.8 Å². The number of quaternary nitrogens is 1. The second-order valence-corrected chi connectivity index (χ2v) is 6.80. The highest BCUT2D eigenvalue weighted by Crippen LogP contribution is 2.33. The fourth-order valence-corrected chi connectivity index (χ4v) is 3.85. The van der Waals surface area contributed by atoms with Crippen LogP contribution in [-0.4, -0.2) is 30.1 Å². The highest BCUT2D eigenvalue weighted by molar-refractivity contribution is 6.31. The number of nitrogens with two attached hydrogens (primary N) is 1. The summed E-state index contributed by atoms with van der Waals surface area (Å²) in [6, 6.07) is 16.1.